The second kappa shape index (κ2) is 22.4. The molecular weight excluding hydrogens is 863 g/mol. The Bertz CT molecular complexity index is 2240. The summed E-state index contributed by atoms with van der Waals surface area (Å²) < 4.78 is 17.4. The van der Waals surface area contributed by atoms with Gasteiger partial charge in [0.25, 0.3) is 5.91 Å². The van der Waals surface area contributed by atoms with E-state index >= 15 is 0 Å². The molecule has 2 fully saturated rings. The number of nitrogens with one attached hydrogen (secondary N) is 1. The molecule has 65 heavy (non-hydrogen) atoms. The minimum Gasteiger partial charge on any atom is -0.494 e. The van der Waals surface area contributed by atoms with Crippen LogP contribution in [0.4, 0.5) is 11.4 Å². The summed E-state index contributed by atoms with van der Waals surface area (Å²) in [4.78, 5) is 64.2. The molecular formula is C50H63N5O8S2. The van der Waals surface area contributed by atoms with Crippen LogP contribution < -0.4 is 19.9 Å². The first-order chi connectivity index (χ1) is 31.1. The molecule has 3 amide bonds. The zero-order valence-corrected chi connectivity index (χ0v) is 40.1. The van der Waals surface area contributed by atoms with Gasteiger partial charge in [-0.15, -0.1) is 11.3 Å². The summed E-state index contributed by atoms with van der Waals surface area (Å²) in [6.45, 7) is 13.7. The summed E-state index contributed by atoms with van der Waals surface area (Å²) in [6.07, 6.45) is 2.60. The van der Waals surface area contributed by atoms with Crippen LogP contribution in [0.3, 0.4) is 0 Å². The van der Waals surface area contributed by atoms with E-state index in [1.165, 1.54) is 4.90 Å². The van der Waals surface area contributed by atoms with Gasteiger partial charge >= 0.3 is 0 Å². The highest BCUT2D eigenvalue weighted by molar-refractivity contribution is 7.81. The van der Waals surface area contributed by atoms with Crippen LogP contribution in [0.5, 0.6) is 5.75 Å². The Hall–Kier alpha value is -5.06. The Morgan fingerprint density at radius 3 is 2.26 bits per heavy atom. The van der Waals surface area contributed by atoms with Gasteiger partial charge in [0.2, 0.25) is 11.8 Å². The van der Waals surface area contributed by atoms with Crippen LogP contribution in [-0.4, -0.2) is 101 Å². The van der Waals surface area contributed by atoms with Gasteiger partial charge in [0.1, 0.15) is 23.9 Å². The average molecular weight is 926 g/mol. The standard InChI is InChI=1S/C50H63N5O8S2/c1-34-44(65-33-52-34)36-18-16-35(17-19-36)30-51-45(58)43-29-39(56)31-53(43)46(59)42(49(2,3)4)28-40(57)32-62-26-13-25-61-24-11-8-12-27-63-41-22-20-38(21-23-41)55-48(64)54(47(60)50(55,5)6)37-14-9-7-10-15-37/h7,9-10,14-23,33,39,42-43,56H,8,11-13,24-32H2,1-6H3,(H,51,58)/t39-,42-,43+/m1/s1. The number of thiocarbonyl (C=S) groups is 1. The maximum absolute atomic E-state index is 14.0. The van der Waals surface area contributed by atoms with Crippen molar-refractivity contribution in [2.75, 3.05) is 49.4 Å². The molecule has 0 saturated carbocycles. The van der Waals surface area contributed by atoms with Gasteiger partial charge in [0.15, 0.2) is 10.9 Å². The first kappa shape index (κ1) is 49.4. The van der Waals surface area contributed by atoms with E-state index in [0.29, 0.717) is 38.0 Å². The topological polar surface area (TPSA) is 151 Å². The second-order valence-electron chi connectivity index (χ2n) is 18.3. The van der Waals surface area contributed by atoms with E-state index in [-0.39, 0.29) is 56.0 Å². The lowest BCUT2D eigenvalue weighted by molar-refractivity contribution is -0.146. The Morgan fingerprint density at radius 2 is 1.58 bits per heavy atom. The Morgan fingerprint density at radius 1 is 0.908 bits per heavy atom. The average Bonchev–Trinajstić information content (AvgIpc) is 3.94. The van der Waals surface area contributed by atoms with Gasteiger partial charge < -0.3 is 34.4 Å². The van der Waals surface area contributed by atoms with Crippen LogP contribution in [0.15, 0.2) is 84.4 Å². The van der Waals surface area contributed by atoms with E-state index in [9.17, 15) is 24.3 Å². The van der Waals surface area contributed by atoms with Crippen LogP contribution in [0.2, 0.25) is 0 Å². The number of aliphatic hydroxyl groups excluding tert-OH is 1. The lowest BCUT2D eigenvalue weighted by atomic mass is 9.77. The molecule has 3 aromatic carbocycles. The van der Waals surface area contributed by atoms with Gasteiger partial charge in [-0.2, -0.15) is 0 Å². The van der Waals surface area contributed by atoms with Crippen LogP contribution in [0, 0.1) is 18.3 Å². The Balaban J connectivity index is 0.835. The molecule has 3 heterocycles. The molecule has 0 radical (unpaired) electrons. The van der Waals surface area contributed by atoms with Crippen LogP contribution in [0.1, 0.15) is 84.4 Å². The molecule has 2 aliphatic rings. The summed E-state index contributed by atoms with van der Waals surface area (Å²) >= 11 is 7.35. The number of nitrogens with zero attached hydrogens (tertiary/aromatic N) is 4. The number of rotatable bonds is 22. The maximum atomic E-state index is 14.0. The number of thiazole rings is 1. The van der Waals surface area contributed by atoms with Gasteiger partial charge in [-0.1, -0.05) is 63.2 Å². The summed E-state index contributed by atoms with van der Waals surface area (Å²) in [5.74, 6) is -0.865. The third-order valence-electron chi connectivity index (χ3n) is 11.9. The predicted octanol–water partition coefficient (Wildman–Crippen LogP) is 7.91. The van der Waals surface area contributed by atoms with E-state index < -0.39 is 29.0 Å². The highest BCUT2D eigenvalue weighted by Crippen LogP contribution is 2.37. The normalized spacial score (nSPS) is 17.7. The van der Waals surface area contributed by atoms with Gasteiger partial charge in [-0.05, 0) is 112 Å². The number of benzene rings is 3. The monoisotopic (exact) mass is 925 g/mol. The number of ketones is 1. The molecule has 2 aliphatic heterocycles. The number of amides is 3. The summed E-state index contributed by atoms with van der Waals surface area (Å²) in [5.41, 5.74) is 4.93. The number of para-hydroxylation sites is 1. The molecule has 0 unspecified atom stereocenters. The van der Waals surface area contributed by atoms with Gasteiger partial charge in [0, 0.05) is 57.4 Å². The smallest absolute Gasteiger partial charge is 0.259 e. The third-order valence-corrected chi connectivity index (χ3v) is 13.2. The molecule has 0 bridgehead atoms. The summed E-state index contributed by atoms with van der Waals surface area (Å²) in [7, 11) is 0. The lowest BCUT2D eigenvalue weighted by Crippen LogP contribution is -2.50. The molecule has 13 nitrogen and oxygen atoms in total. The van der Waals surface area contributed by atoms with Crippen LogP contribution in [-0.2, 0) is 35.2 Å². The second-order valence-corrected chi connectivity index (χ2v) is 19.5. The Kier molecular flexibility index (Phi) is 17.0. The molecule has 0 aliphatic carbocycles. The number of carbonyl (C=O) groups is 4. The molecule has 0 spiro atoms. The van der Waals surface area contributed by atoms with E-state index in [2.05, 4.69) is 10.3 Å². The quantitative estimate of drug-likeness (QED) is 0.0585. The predicted molar refractivity (Wildman–Crippen MR) is 258 cm³/mol. The lowest BCUT2D eigenvalue weighted by Gasteiger charge is -2.34. The molecule has 348 valence electrons. The van der Waals surface area contributed by atoms with Crippen LogP contribution >= 0.6 is 23.6 Å². The number of unbranched alkanes of at least 4 members (excludes halogenated alkanes) is 2. The number of likely N-dealkylation sites (tertiary alicyclic amines) is 1. The number of aliphatic hydroxyl groups is 1. The fourth-order valence-electron chi connectivity index (χ4n) is 8.17. The molecule has 3 atom stereocenters. The molecule has 2 N–H and O–H groups in total. The minimum absolute atomic E-state index is 0.0256. The van der Waals surface area contributed by atoms with E-state index in [1.807, 2.05) is 131 Å². The Labute approximate surface area is 392 Å². The van der Waals surface area contributed by atoms with E-state index in [1.54, 1.807) is 16.2 Å². The number of aromatic nitrogens is 1. The van der Waals surface area contributed by atoms with Crippen molar-refractivity contribution >= 4 is 63.5 Å². The van der Waals surface area contributed by atoms with E-state index in [4.69, 9.17) is 26.4 Å². The first-order valence-corrected chi connectivity index (χ1v) is 23.7. The van der Waals surface area contributed by atoms with Gasteiger partial charge in [-0.3, -0.25) is 24.1 Å². The fraction of sp³-hybridized carbons (Fsp3) is 0.480. The number of carbonyl (C=O) groups excluding carboxylic acids is 4. The molecule has 2 saturated heterocycles. The van der Waals surface area contributed by atoms with Crippen molar-refractivity contribution in [2.24, 2.45) is 11.3 Å². The zero-order valence-electron chi connectivity index (χ0n) is 38.4. The SMILES string of the molecule is Cc1ncsc1-c1ccc(CNC(=O)[C@@H]2C[C@@H](O)CN2C(=O)[C@@H](CC(=O)COCCCOCCCCCOc2ccc(N3C(=S)N(c4ccccc4)C(=O)C3(C)C)cc2)C(C)(C)C)cc1. The van der Waals surface area contributed by atoms with E-state index in [0.717, 1.165) is 58.1 Å². The van der Waals surface area contributed by atoms with Crippen molar-refractivity contribution in [3.8, 4) is 16.2 Å². The number of anilines is 2. The number of Topliss-reactive ketones (excluding diaryl/α,β-unsaturated/α-hetero) is 1. The van der Waals surface area contributed by atoms with Crippen molar-refractivity contribution in [3.05, 3.63) is 95.6 Å². The highest BCUT2D eigenvalue weighted by atomic mass is 32.1. The minimum atomic E-state index is -0.837. The van der Waals surface area contributed by atoms with Crippen LogP contribution in [0.25, 0.3) is 10.4 Å². The molecule has 15 heteroatoms. The number of ether oxygens (including phenoxy) is 3. The largest absolute Gasteiger partial charge is 0.494 e. The van der Waals surface area contributed by atoms with Crippen molar-refractivity contribution in [3.63, 3.8) is 0 Å². The highest BCUT2D eigenvalue weighted by Gasteiger charge is 2.50. The fourth-order valence-corrected chi connectivity index (χ4v) is 9.50. The molecule has 4 aromatic rings. The number of hydrogen-bond acceptors (Lipinski definition) is 11. The third kappa shape index (κ3) is 12.6. The molecule has 1 aromatic heterocycles. The molecule has 6 rings (SSSR count). The maximum Gasteiger partial charge on any atom is 0.259 e. The van der Waals surface area contributed by atoms with Crippen molar-refractivity contribution in [2.45, 2.75) is 104 Å². The van der Waals surface area contributed by atoms with Crippen molar-refractivity contribution < 1.29 is 38.5 Å². The number of β-amino-alcohol motifs (C(OH)–C–C–N with tert-alkyl or cyclic N) is 1. The summed E-state index contributed by atoms with van der Waals surface area (Å²) in [6, 6.07) is 24.2. The summed E-state index contributed by atoms with van der Waals surface area (Å²) in [5, 5.41) is 14.0. The van der Waals surface area contributed by atoms with Gasteiger partial charge in [-0.25, -0.2) is 4.98 Å². The number of aryl methyl sites for hydroxylation is 1. The van der Waals surface area contributed by atoms with Crippen molar-refractivity contribution in [1.82, 2.24) is 15.2 Å². The van der Waals surface area contributed by atoms with Crippen molar-refractivity contribution in [1.29, 1.82) is 0 Å². The first-order valence-electron chi connectivity index (χ1n) is 22.5. The number of hydrogen-bond donors (Lipinski definition) is 2. The van der Waals surface area contributed by atoms with Gasteiger partial charge in [0.05, 0.1) is 34.5 Å². The zero-order chi connectivity index (χ0) is 46.7.